The molecular weight excluding hydrogens is 403 g/mol. The van der Waals surface area contributed by atoms with E-state index < -0.39 is 5.82 Å². The number of amides is 1. The molecule has 1 aliphatic rings. The molecule has 0 bridgehead atoms. The Kier molecular flexibility index (Phi) is 5.78. The summed E-state index contributed by atoms with van der Waals surface area (Å²) in [5.74, 6) is 0.946. The zero-order valence-corrected chi connectivity index (χ0v) is 16.3. The summed E-state index contributed by atoms with van der Waals surface area (Å²) in [5.41, 5.74) is 1.28. The molecule has 0 aliphatic carbocycles. The van der Waals surface area contributed by atoms with Gasteiger partial charge in [-0.05, 0) is 24.3 Å². The number of ether oxygens (including phenoxy) is 2. The zero-order valence-electron chi connectivity index (χ0n) is 14.7. The number of halogens is 2. The number of methoxy groups -OCH3 is 2. The second-order valence-corrected chi connectivity index (χ2v) is 6.95. The lowest BCUT2D eigenvalue weighted by molar-refractivity contribution is -0.121. The number of rotatable bonds is 5. The minimum absolute atomic E-state index is 0.0795. The molecule has 0 aromatic heterocycles. The lowest BCUT2D eigenvalue weighted by atomic mass is 10.1. The van der Waals surface area contributed by atoms with Crippen molar-refractivity contribution >= 4 is 27.5 Å². The molecule has 2 aromatic carbocycles. The minimum Gasteiger partial charge on any atom is -0.497 e. The van der Waals surface area contributed by atoms with Crippen molar-refractivity contribution in [2.24, 2.45) is 0 Å². The molecule has 1 aliphatic heterocycles. The van der Waals surface area contributed by atoms with Crippen LogP contribution in [-0.2, 0) is 11.3 Å². The molecule has 0 unspecified atom stereocenters. The zero-order chi connectivity index (χ0) is 18.7. The molecule has 5 nitrogen and oxygen atoms in total. The molecular formula is C19H20BrFN2O3. The molecule has 0 spiro atoms. The van der Waals surface area contributed by atoms with Crippen molar-refractivity contribution in [3.8, 4) is 11.5 Å². The van der Waals surface area contributed by atoms with Crippen LogP contribution in [0.4, 0.5) is 10.1 Å². The smallest absolute Gasteiger partial charge is 0.229 e. The van der Waals surface area contributed by atoms with Crippen molar-refractivity contribution < 1.29 is 18.7 Å². The average Bonchev–Trinajstić information content (AvgIpc) is 2.64. The first-order valence-corrected chi connectivity index (χ1v) is 9.00. The Morgan fingerprint density at radius 3 is 2.65 bits per heavy atom. The van der Waals surface area contributed by atoms with Gasteiger partial charge in [0.25, 0.3) is 0 Å². The van der Waals surface area contributed by atoms with Crippen molar-refractivity contribution in [2.45, 2.75) is 13.0 Å². The highest BCUT2D eigenvalue weighted by molar-refractivity contribution is 9.10. The molecule has 0 radical (unpaired) electrons. The Morgan fingerprint density at radius 1 is 1.15 bits per heavy atom. The normalized spacial score (nSPS) is 15.2. The quantitative estimate of drug-likeness (QED) is 0.734. The molecule has 3 rings (SSSR count). The Hall–Kier alpha value is -2.12. The van der Waals surface area contributed by atoms with Crippen molar-refractivity contribution in [1.29, 1.82) is 0 Å². The number of carbonyl (C=O) groups excluding carboxylic acids is 1. The number of benzene rings is 2. The van der Waals surface area contributed by atoms with Gasteiger partial charge < -0.3 is 9.47 Å². The standard InChI is InChI=1S/C19H20BrFN2O3/c1-25-15-5-3-13(18(10-15)26-2)11-22-8-7-19(24)23(12-22)17-6-4-14(20)9-16(17)21/h3-6,9-10H,7-8,11-12H2,1-2H3. The van der Waals surface area contributed by atoms with Crippen LogP contribution in [0, 0.1) is 5.82 Å². The first-order chi connectivity index (χ1) is 12.5. The molecule has 2 aromatic rings. The number of hydrogen-bond donors (Lipinski definition) is 0. The van der Waals surface area contributed by atoms with Gasteiger partial charge in [-0.3, -0.25) is 14.6 Å². The largest absolute Gasteiger partial charge is 0.497 e. The molecule has 0 N–H and O–H groups in total. The van der Waals surface area contributed by atoms with Crippen LogP contribution in [0.1, 0.15) is 12.0 Å². The summed E-state index contributed by atoms with van der Waals surface area (Å²) in [5, 5.41) is 0. The summed E-state index contributed by atoms with van der Waals surface area (Å²) in [6.45, 7) is 1.53. The van der Waals surface area contributed by atoms with Gasteiger partial charge in [-0.15, -0.1) is 0 Å². The Bertz CT molecular complexity index is 815. The van der Waals surface area contributed by atoms with Crippen molar-refractivity contribution in [3.63, 3.8) is 0 Å². The van der Waals surface area contributed by atoms with Crippen LogP contribution in [0.3, 0.4) is 0 Å². The van der Waals surface area contributed by atoms with E-state index in [9.17, 15) is 9.18 Å². The van der Waals surface area contributed by atoms with E-state index in [0.717, 1.165) is 17.1 Å². The van der Waals surface area contributed by atoms with Crippen LogP contribution in [0.25, 0.3) is 0 Å². The number of anilines is 1. The van der Waals surface area contributed by atoms with Crippen molar-refractivity contribution in [1.82, 2.24) is 4.90 Å². The number of hydrogen-bond acceptors (Lipinski definition) is 4. The molecule has 7 heteroatoms. The molecule has 138 valence electrons. The van der Waals surface area contributed by atoms with E-state index in [-0.39, 0.29) is 5.91 Å². The second-order valence-electron chi connectivity index (χ2n) is 6.04. The van der Waals surface area contributed by atoms with Crippen LogP contribution in [0.5, 0.6) is 11.5 Å². The fourth-order valence-corrected chi connectivity index (χ4v) is 3.33. The van der Waals surface area contributed by atoms with Gasteiger partial charge in [0, 0.05) is 35.6 Å². The van der Waals surface area contributed by atoms with Crippen LogP contribution in [0.15, 0.2) is 40.9 Å². The van der Waals surface area contributed by atoms with Crippen LogP contribution >= 0.6 is 15.9 Å². The lowest BCUT2D eigenvalue weighted by Crippen LogP contribution is -2.48. The van der Waals surface area contributed by atoms with E-state index in [4.69, 9.17) is 9.47 Å². The average molecular weight is 423 g/mol. The molecule has 0 atom stereocenters. The SMILES string of the molecule is COc1ccc(CN2CCC(=O)N(c3ccc(Br)cc3F)C2)c(OC)c1. The molecule has 1 amide bonds. The summed E-state index contributed by atoms with van der Waals surface area (Å²) in [7, 11) is 3.22. The summed E-state index contributed by atoms with van der Waals surface area (Å²) in [6, 6.07) is 10.4. The summed E-state index contributed by atoms with van der Waals surface area (Å²) in [4.78, 5) is 15.9. The van der Waals surface area contributed by atoms with E-state index in [0.29, 0.717) is 36.3 Å². The van der Waals surface area contributed by atoms with Crippen LogP contribution in [0.2, 0.25) is 0 Å². The van der Waals surface area contributed by atoms with Gasteiger partial charge >= 0.3 is 0 Å². The first kappa shape index (κ1) is 18.7. The van der Waals surface area contributed by atoms with Gasteiger partial charge in [-0.1, -0.05) is 22.0 Å². The number of carbonyl (C=O) groups is 1. The molecule has 1 saturated heterocycles. The summed E-state index contributed by atoms with van der Waals surface area (Å²) >= 11 is 3.24. The van der Waals surface area contributed by atoms with E-state index in [1.165, 1.54) is 11.0 Å². The molecule has 1 fully saturated rings. The third kappa shape index (κ3) is 3.99. The highest BCUT2D eigenvalue weighted by atomic mass is 79.9. The van der Waals surface area contributed by atoms with Crippen molar-refractivity contribution in [3.05, 3.63) is 52.3 Å². The van der Waals surface area contributed by atoms with Crippen LogP contribution in [-0.4, -0.2) is 38.2 Å². The highest BCUT2D eigenvalue weighted by Crippen LogP contribution is 2.29. The molecule has 26 heavy (non-hydrogen) atoms. The monoisotopic (exact) mass is 422 g/mol. The third-order valence-corrected chi connectivity index (χ3v) is 4.87. The Labute approximate surface area is 160 Å². The Morgan fingerprint density at radius 2 is 1.96 bits per heavy atom. The van der Waals surface area contributed by atoms with E-state index in [2.05, 4.69) is 20.8 Å². The van der Waals surface area contributed by atoms with Crippen molar-refractivity contribution in [2.75, 3.05) is 32.3 Å². The summed E-state index contributed by atoms with van der Waals surface area (Å²) < 4.78 is 25.6. The molecule has 0 saturated carbocycles. The maximum absolute atomic E-state index is 14.3. The predicted octanol–water partition coefficient (Wildman–Crippen LogP) is 3.80. The summed E-state index contributed by atoms with van der Waals surface area (Å²) in [6.07, 6.45) is 0.341. The van der Waals surface area contributed by atoms with Gasteiger partial charge in [0.2, 0.25) is 5.91 Å². The Balaban J connectivity index is 1.79. The lowest BCUT2D eigenvalue weighted by Gasteiger charge is -2.35. The fraction of sp³-hybridized carbons (Fsp3) is 0.316. The topological polar surface area (TPSA) is 42.0 Å². The minimum atomic E-state index is -0.420. The van der Waals surface area contributed by atoms with Gasteiger partial charge in [0.05, 0.1) is 26.6 Å². The maximum atomic E-state index is 14.3. The number of nitrogens with zero attached hydrogens (tertiary/aromatic N) is 2. The highest BCUT2D eigenvalue weighted by Gasteiger charge is 2.27. The maximum Gasteiger partial charge on any atom is 0.229 e. The first-order valence-electron chi connectivity index (χ1n) is 8.20. The van der Waals surface area contributed by atoms with Gasteiger partial charge in [0.15, 0.2) is 0 Å². The van der Waals surface area contributed by atoms with Gasteiger partial charge in [0.1, 0.15) is 17.3 Å². The van der Waals surface area contributed by atoms with Gasteiger partial charge in [-0.25, -0.2) is 4.39 Å². The fourth-order valence-electron chi connectivity index (χ4n) is 3.00. The third-order valence-electron chi connectivity index (χ3n) is 4.37. The molecule has 1 heterocycles. The van der Waals surface area contributed by atoms with E-state index >= 15 is 0 Å². The van der Waals surface area contributed by atoms with Crippen LogP contribution < -0.4 is 14.4 Å². The van der Waals surface area contributed by atoms with E-state index in [1.54, 1.807) is 26.4 Å². The van der Waals surface area contributed by atoms with E-state index in [1.807, 2.05) is 18.2 Å². The van der Waals surface area contributed by atoms with Gasteiger partial charge in [-0.2, -0.15) is 0 Å². The predicted molar refractivity (Wildman–Crippen MR) is 101 cm³/mol. The second kappa shape index (κ2) is 8.05.